The summed E-state index contributed by atoms with van der Waals surface area (Å²) in [5.41, 5.74) is 2.60. The topological polar surface area (TPSA) is 0 Å². The summed E-state index contributed by atoms with van der Waals surface area (Å²) in [6, 6.07) is 10.8. The van der Waals surface area contributed by atoms with Crippen LogP contribution in [-0.4, -0.2) is 11.8 Å². The first-order valence-electron chi connectivity index (χ1n) is 4.22. The van der Waals surface area contributed by atoms with Crippen molar-refractivity contribution in [2.45, 2.75) is 18.5 Å². The van der Waals surface area contributed by atoms with Gasteiger partial charge < -0.3 is 0 Å². The van der Waals surface area contributed by atoms with E-state index in [0.29, 0.717) is 0 Å². The maximum Gasteiger partial charge on any atom is -0.0196 e. The van der Waals surface area contributed by atoms with Crippen molar-refractivity contribution in [2.24, 2.45) is 0 Å². The lowest BCUT2D eigenvalue weighted by atomic mass is 10.1. The third-order valence-corrected chi connectivity index (χ3v) is 3.39. The second-order valence-corrected chi connectivity index (χ2v) is 4.76. The molecule has 0 N–H and O–H groups in total. The van der Waals surface area contributed by atoms with Gasteiger partial charge in [-0.3, -0.25) is 0 Å². The molecular formula is C10H13P. The Labute approximate surface area is 69.8 Å². The fourth-order valence-corrected chi connectivity index (χ4v) is 1.99. The zero-order chi connectivity index (χ0) is 7.52. The van der Waals surface area contributed by atoms with Crippen LogP contribution in [0.1, 0.15) is 12.0 Å². The fourth-order valence-electron chi connectivity index (χ4n) is 1.27. The molecule has 0 nitrogen and oxygen atoms in total. The Bertz CT molecular complexity index is 214. The largest absolute Gasteiger partial charge is 0.118 e. The lowest BCUT2D eigenvalue weighted by Gasteiger charge is -1.97. The van der Waals surface area contributed by atoms with Crippen LogP contribution in [0.2, 0.25) is 0 Å². The van der Waals surface area contributed by atoms with Crippen molar-refractivity contribution in [1.82, 2.24) is 0 Å². The zero-order valence-corrected chi connectivity index (χ0v) is 7.59. The van der Waals surface area contributed by atoms with Crippen LogP contribution in [0.4, 0.5) is 0 Å². The first kappa shape index (κ1) is 7.31. The molecule has 1 aliphatic heterocycles. The van der Waals surface area contributed by atoms with Gasteiger partial charge in [0, 0.05) is 0 Å². The number of benzene rings is 1. The summed E-state index contributed by atoms with van der Waals surface area (Å²) in [7, 11) is 1.28. The minimum atomic E-state index is 1.09. The standard InChI is InChI=1S/C10H13P/c1-2-4-9(5-3-1)6-7-10-8-11-10/h1-5,10-11H,6-8H2. The number of rotatable bonds is 3. The Hall–Kier alpha value is -0.350. The van der Waals surface area contributed by atoms with Crippen molar-refractivity contribution < 1.29 is 0 Å². The van der Waals surface area contributed by atoms with Gasteiger partial charge in [0.2, 0.25) is 0 Å². The molecule has 1 saturated heterocycles. The third kappa shape index (κ3) is 2.31. The highest BCUT2D eigenvalue weighted by Gasteiger charge is 2.19. The van der Waals surface area contributed by atoms with Crippen LogP contribution in [0.5, 0.6) is 0 Å². The summed E-state index contributed by atoms with van der Waals surface area (Å²) in [5, 5.41) is 0. The monoisotopic (exact) mass is 164 g/mol. The number of hydrogen-bond donors (Lipinski definition) is 0. The van der Waals surface area contributed by atoms with E-state index in [-0.39, 0.29) is 0 Å². The van der Waals surface area contributed by atoms with E-state index in [1.165, 1.54) is 33.1 Å². The van der Waals surface area contributed by atoms with E-state index in [1.807, 2.05) is 0 Å². The molecule has 1 aliphatic rings. The van der Waals surface area contributed by atoms with E-state index in [1.54, 1.807) is 0 Å². The predicted molar refractivity (Wildman–Crippen MR) is 51.7 cm³/mol. The van der Waals surface area contributed by atoms with Crippen molar-refractivity contribution in [1.29, 1.82) is 0 Å². The molecule has 0 aromatic heterocycles. The minimum absolute atomic E-state index is 1.09. The fraction of sp³-hybridized carbons (Fsp3) is 0.400. The molecule has 0 bridgehead atoms. The highest BCUT2D eigenvalue weighted by atomic mass is 31.1. The highest BCUT2D eigenvalue weighted by Crippen LogP contribution is 2.41. The summed E-state index contributed by atoms with van der Waals surface area (Å²) < 4.78 is 0. The highest BCUT2D eigenvalue weighted by molar-refractivity contribution is 7.47. The number of hydrogen-bond acceptors (Lipinski definition) is 0. The van der Waals surface area contributed by atoms with E-state index in [4.69, 9.17) is 0 Å². The minimum Gasteiger partial charge on any atom is -0.118 e. The molecule has 0 radical (unpaired) electrons. The molecule has 1 aromatic carbocycles. The maximum atomic E-state index is 2.23. The summed E-state index contributed by atoms with van der Waals surface area (Å²) in [6.45, 7) is 0. The van der Waals surface area contributed by atoms with Gasteiger partial charge >= 0.3 is 0 Å². The summed E-state index contributed by atoms with van der Waals surface area (Å²) in [4.78, 5) is 0. The summed E-state index contributed by atoms with van der Waals surface area (Å²) in [6.07, 6.45) is 4.22. The van der Waals surface area contributed by atoms with Gasteiger partial charge in [-0.2, -0.15) is 0 Å². The first-order chi connectivity index (χ1) is 5.45. The number of aryl methyl sites for hydroxylation is 1. The molecule has 1 heteroatoms. The zero-order valence-electron chi connectivity index (χ0n) is 6.59. The van der Waals surface area contributed by atoms with Gasteiger partial charge in [-0.15, -0.1) is 8.58 Å². The van der Waals surface area contributed by atoms with Crippen molar-refractivity contribution in [2.75, 3.05) is 6.16 Å². The molecule has 2 rings (SSSR count). The molecule has 58 valence electrons. The molecular weight excluding hydrogens is 151 g/mol. The molecule has 2 atom stereocenters. The van der Waals surface area contributed by atoms with Gasteiger partial charge in [0.25, 0.3) is 0 Å². The second kappa shape index (κ2) is 3.36. The molecule has 0 saturated carbocycles. The average Bonchev–Trinajstić information content (AvgIpc) is 2.86. The summed E-state index contributed by atoms with van der Waals surface area (Å²) in [5.74, 6) is 0. The van der Waals surface area contributed by atoms with Crippen LogP contribution >= 0.6 is 8.58 Å². The van der Waals surface area contributed by atoms with Crippen molar-refractivity contribution >= 4 is 8.58 Å². The lowest BCUT2D eigenvalue weighted by molar-refractivity contribution is 0.859. The molecule has 0 spiro atoms. The van der Waals surface area contributed by atoms with Crippen LogP contribution in [0, 0.1) is 0 Å². The SMILES string of the molecule is c1ccc(CCC2CP2)cc1. The van der Waals surface area contributed by atoms with E-state index >= 15 is 0 Å². The van der Waals surface area contributed by atoms with Crippen molar-refractivity contribution in [3.8, 4) is 0 Å². The van der Waals surface area contributed by atoms with Crippen molar-refractivity contribution in [3.63, 3.8) is 0 Å². The molecule has 1 aromatic rings. The van der Waals surface area contributed by atoms with E-state index < -0.39 is 0 Å². The quantitative estimate of drug-likeness (QED) is 0.602. The van der Waals surface area contributed by atoms with E-state index in [0.717, 1.165) is 5.66 Å². The van der Waals surface area contributed by atoms with Gasteiger partial charge in [0.1, 0.15) is 0 Å². The van der Waals surface area contributed by atoms with Gasteiger partial charge in [-0.05, 0) is 30.2 Å². The average molecular weight is 164 g/mol. The Morgan fingerprint density at radius 1 is 1.27 bits per heavy atom. The Kier molecular flexibility index (Phi) is 2.23. The first-order valence-corrected chi connectivity index (χ1v) is 5.51. The van der Waals surface area contributed by atoms with Gasteiger partial charge in [0.15, 0.2) is 0 Å². The van der Waals surface area contributed by atoms with Crippen LogP contribution < -0.4 is 0 Å². The second-order valence-electron chi connectivity index (χ2n) is 3.13. The molecule has 0 amide bonds. The smallest absolute Gasteiger partial charge is 0.0196 e. The van der Waals surface area contributed by atoms with Crippen LogP contribution in [-0.2, 0) is 6.42 Å². The Morgan fingerprint density at radius 3 is 2.64 bits per heavy atom. The summed E-state index contributed by atoms with van der Waals surface area (Å²) >= 11 is 0. The Balaban J connectivity index is 1.85. The van der Waals surface area contributed by atoms with Crippen LogP contribution in [0.3, 0.4) is 0 Å². The molecule has 1 fully saturated rings. The van der Waals surface area contributed by atoms with Gasteiger partial charge in [0.05, 0.1) is 0 Å². The normalized spacial score (nSPS) is 23.8. The van der Waals surface area contributed by atoms with Gasteiger partial charge in [-0.25, -0.2) is 0 Å². The van der Waals surface area contributed by atoms with E-state index in [2.05, 4.69) is 30.3 Å². The predicted octanol–water partition coefficient (Wildman–Crippen LogP) is 2.68. The van der Waals surface area contributed by atoms with Crippen LogP contribution in [0.25, 0.3) is 0 Å². The van der Waals surface area contributed by atoms with Crippen molar-refractivity contribution in [3.05, 3.63) is 35.9 Å². The molecule has 1 heterocycles. The lowest BCUT2D eigenvalue weighted by Crippen LogP contribution is -1.88. The van der Waals surface area contributed by atoms with Crippen LogP contribution in [0.15, 0.2) is 30.3 Å². The Morgan fingerprint density at radius 2 is 2.00 bits per heavy atom. The molecule has 0 aliphatic carbocycles. The van der Waals surface area contributed by atoms with Gasteiger partial charge in [-0.1, -0.05) is 30.3 Å². The molecule has 2 unspecified atom stereocenters. The maximum absolute atomic E-state index is 2.23. The third-order valence-electron chi connectivity index (χ3n) is 2.12. The molecule has 11 heavy (non-hydrogen) atoms. The van der Waals surface area contributed by atoms with E-state index in [9.17, 15) is 0 Å².